The molecule has 0 radical (unpaired) electrons. The van der Waals surface area contributed by atoms with E-state index in [9.17, 15) is 4.79 Å². The first-order valence-electron chi connectivity index (χ1n) is 3.32. The van der Waals surface area contributed by atoms with E-state index in [2.05, 4.69) is 4.29 Å². The molecule has 3 nitrogen and oxygen atoms in total. The van der Waals surface area contributed by atoms with Crippen molar-refractivity contribution in [2.45, 2.75) is 0 Å². The largest absolute Gasteiger partial charge is 1.00 e. The predicted octanol–water partition coefficient (Wildman–Crippen LogP) is -1.12. The third-order valence-corrected chi connectivity index (χ3v) is 1.36. The summed E-state index contributed by atoms with van der Waals surface area (Å²) in [5, 5.41) is 0. The molecule has 0 spiro atoms. The monoisotopic (exact) mass is 210 g/mol. The summed E-state index contributed by atoms with van der Waals surface area (Å²) in [4.78, 5) is 10.5. The van der Waals surface area contributed by atoms with Crippen molar-refractivity contribution in [1.82, 2.24) is 0 Å². The summed E-state index contributed by atoms with van der Waals surface area (Å²) in [6.07, 6.45) is 0. The van der Waals surface area contributed by atoms with Gasteiger partial charge in [0.2, 0.25) is 0 Å². The van der Waals surface area contributed by atoms with E-state index < -0.39 is 5.97 Å². The number of hydrogen-bond acceptors (Lipinski definition) is 3. The quantitative estimate of drug-likeness (QED) is 0.593. The maximum atomic E-state index is 10.5. The van der Waals surface area contributed by atoms with Crippen molar-refractivity contribution in [3.05, 3.63) is 30.3 Å². The number of halogens is 1. The Hall–Kier alpha value is -0.220. The van der Waals surface area contributed by atoms with Crippen LogP contribution in [0.25, 0.3) is 0 Å². The first-order chi connectivity index (χ1) is 5.83. The molecule has 1 rings (SSSR count). The Balaban J connectivity index is 0. The zero-order valence-electron chi connectivity index (χ0n) is 8.20. The molecule has 0 unspecified atom stereocenters. The molecule has 0 fully saturated rings. The first kappa shape index (κ1) is 12.8. The van der Waals surface area contributed by atoms with Crippen LogP contribution in [-0.4, -0.2) is 12.6 Å². The van der Waals surface area contributed by atoms with Crippen LogP contribution in [0.2, 0.25) is 0 Å². The van der Waals surface area contributed by atoms with Gasteiger partial charge in [0, 0.05) is 0 Å². The Morgan fingerprint density at radius 3 is 2.54 bits per heavy atom. The van der Waals surface area contributed by atoms with Crippen molar-refractivity contribution in [2.75, 3.05) is 6.61 Å². The Morgan fingerprint density at radius 2 is 2.00 bits per heavy atom. The zero-order chi connectivity index (χ0) is 8.81. The number of carbonyl (C=O) groups excluding carboxylic acids is 1. The second-order valence-electron chi connectivity index (χ2n) is 2.05. The topological polar surface area (TPSA) is 35.5 Å². The normalized spacial score (nSPS) is 8.38. The van der Waals surface area contributed by atoms with Crippen LogP contribution in [0.5, 0.6) is 5.75 Å². The van der Waals surface area contributed by atoms with Gasteiger partial charge in [-0.05, 0) is 12.1 Å². The molecule has 0 bridgehead atoms. The van der Waals surface area contributed by atoms with Gasteiger partial charge in [-0.2, -0.15) is 0 Å². The van der Waals surface area contributed by atoms with E-state index in [1.807, 2.05) is 6.07 Å². The van der Waals surface area contributed by atoms with E-state index in [-0.39, 0.29) is 37.6 Å². The van der Waals surface area contributed by atoms with E-state index in [0.29, 0.717) is 5.75 Å². The van der Waals surface area contributed by atoms with Gasteiger partial charge in [0.25, 0.3) is 0 Å². The van der Waals surface area contributed by atoms with Crippen LogP contribution in [0, 0.1) is 0 Å². The summed E-state index contributed by atoms with van der Waals surface area (Å²) in [6.45, 7) is -0.173. The Kier molecular flexibility index (Phi) is 7.09. The average Bonchev–Trinajstić information content (AvgIpc) is 2.16. The number of hydrogen-bond donors (Lipinski definition) is 0. The predicted molar refractivity (Wildman–Crippen MR) is 45.0 cm³/mol. The number of benzene rings is 1. The van der Waals surface area contributed by atoms with Crippen LogP contribution >= 0.6 is 11.9 Å². The fraction of sp³-hybridized carbons (Fsp3) is 0.125. The van der Waals surface area contributed by atoms with E-state index in [1.165, 1.54) is 0 Å². The van der Waals surface area contributed by atoms with Gasteiger partial charge in [0.05, 0.1) is 0 Å². The molecular weight excluding hydrogens is 203 g/mol. The minimum absolute atomic E-state index is 0. The summed E-state index contributed by atoms with van der Waals surface area (Å²) < 4.78 is 8.88. The Morgan fingerprint density at radius 1 is 1.38 bits per heavy atom. The summed E-state index contributed by atoms with van der Waals surface area (Å²) in [5.74, 6) is 0.0000800. The molecule has 0 atom stereocenters. The maximum absolute atomic E-state index is 10.5. The standard InChI is InChI=1S/C8H7ClO3.Na.H/c9-12-8(10)6-11-7-4-2-1-3-5-7;;/h1-5H,6H2;;/q;+1;-1. The second-order valence-corrected chi connectivity index (χ2v) is 2.21. The van der Waals surface area contributed by atoms with Crippen molar-refractivity contribution in [2.24, 2.45) is 0 Å². The number of rotatable bonds is 3. The van der Waals surface area contributed by atoms with E-state index in [4.69, 9.17) is 16.6 Å². The molecule has 0 saturated heterocycles. The van der Waals surface area contributed by atoms with Crippen LogP contribution in [0.3, 0.4) is 0 Å². The minimum Gasteiger partial charge on any atom is -1.00 e. The van der Waals surface area contributed by atoms with E-state index >= 15 is 0 Å². The van der Waals surface area contributed by atoms with Crippen LogP contribution in [0.4, 0.5) is 0 Å². The summed E-state index contributed by atoms with van der Waals surface area (Å²) in [5.41, 5.74) is 0. The average molecular weight is 211 g/mol. The van der Waals surface area contributed by atoms with Gasteiger partial charge in [0.15, 0.2) is 6.61 Å². The SMILES string of the molecule is O=C(COc1ccccc1)OCl.[H-].[Na+]. The van der Waals surface area contributed by atoms with Crippen molar-refractivity contribution < 1.29 is 44.8 Å². The second kappa shape index (κ2) is 7.21. The molecule has 0 heterocycles. The van der Waals surface area contributed by atoms with Crippen LogP contribution in [0.1, 0.15) is 1.43 Å². The minimum atomic E-state index is -0.611. The first-order valence-corrected chi connectivity index (χ1v) is 3.63. The summed E-state index contributed by atoms with van der Waals surface area (Å²) in [6, 6.07) is 8.94. The van der Waals surface area contributed by atoms with Gasteiger partial charge in [-0.3, -0.25) is 0 Å². The third kappa shape index (κ3) is 5.16. The molecule has 1 aromatic carbocycles. The molecular formula is C8H8ClNaO3. The van der Waals surface area contributed by atoms with Gasteiger partial charge >= 0.3 is 35.5 Å². The van der Waals surface area contributed by atoms with Crippen LogP contribution in [-0.2, 0) is 9.08 Å². The number of carbonyl (C=O) groups is 1. The van der Waals surface area contributed by atoms with Gasteiger partial charge in [-0.25, -0.2) is 4.79 Å². The Labute approximate surface area is 105 Å². The summed E-state index contributed by atoms with van der Waals surface area (Å²) >= 11 is 4.79. The number of para-hydroxylation sites is 1. The fourth-order valence-corrected chi connectivity index (χ4v) is 0.726. The van der Waals surface area contributed by atoms with Gasteiger partial charge < -0.3 is 10.5 Å². The Bertz CT molecular complexity index is 258. The molecule has 0 aliphatic rings. The summed E-state index contributed by atoms with van der Waals surface area (Å²) in [7, 11) is 0. The van der Waals surface area contributed by atoms with E-state index in [1.54, 1.807) is 24.3 Å². The molecule has 0 saturated carbocycles. The molecule has 0 N–H and O–H groups in total. The number of ether oxygens (including phenoxy) is 1. The van der Waals surface area contributed by atoms with E-state index in [0.717, 1.165) is 0 Å². The van der Waals surface area contributed by atoms with Crippen molar-refractivity contribution in [1.29, 1.82) is 0 Å². The molecule has 0 aromatic heterocycles. The van der Waals surface area contributed by atoms with Gasteiger partial charge in [-0.1, -0.05) is 18.2 Å². The van der Waals surface area contributed by atoms with Crippen LogP contribution in [0.15, 0.2) is 30.3 Å². The van der Waals surface area contributed by atoms with Crippen molar-refractivity contribution >= 4 is 17.8 Å². The molecule has 13 heavy (non-hydrogen) atoms. The molecule has 0 amide bonds. The van der Waals surface area contributed by atoms with Crippen LogP contribution < -0.4 is 34.3 Å². The van der Waals surface area contributed by atoms with Gasteiger partial charge in [-0.15, -0.1) is 0 Å². The van der Waals surface area contributed by atoms with Gasteiger partial charge in [0.1, 0.15) is 17.6 Å². The molecule has 0 aliphatic heterocycles. The fourth-order valence-electron chi connectivity index (χ4n) is 0.681. The molecule has 1 aromatic rings. The van der Waals surface area contributed by atoms with Crippen molar-refractivity contribution in [3.8, 4) is 5.75 Å². The maximum Gasteiger partial charge on any atom is 1.00 e. The molecule has 0 aliphatic carbocycles. The zero-order valence-corrected chi connectivity index (χ0v) is 9.95. The van der Waals surface area contributed by atoms with Crippen molar-refractivity contribution in [3.63, 3.8) is 0 Å². The smallest absolute Gasteiger partial charge is 1.00 e. The molecule has 5 heteroatoms. The molecule has 66 valence electrons. The third-order valence-electron chi connectivity index (χ3n) is 1.19.